The highest BCUT2D eigenvalue weighted by atomic mass is 79.9. The molecule has 10 nitrogen and oxygen atoms in total. The first-order chi connectivity index (χ1) is 16.9. The van der Waals surface area contributed by atoms with Crippen molar-refractivity contribution < 1.29 is 26.4 Å². The van der Waals surface area contributed by atoms with Crippen LogP contribution < -0.4 is 14.9 Å². The number of anilines is 1. The highest BCUT2D eigenvalue weighted by Crippen LogP contribution is 2.15. The van der Waals surface area contributed by atoms with Crippen molar-refractivity contribution in [2.45, 2.75) is 23.6 Å². The molecule has 3 aromatic carbocycles. The molecule has 0 aliphatic rings. The van der Waals surface area contributed by atoms with E-state index in [1.54, 1.807) is 47.6 Å². The first kappa shape index (κ1) is 27.0. The van der Waals surface area contributed by atoms with Crippen molar-refractivity contribution in [2.24, 2.45) is 5.10 Å². The summed E-state index contributed by atoms with van der Waals surface area (Å²) in [5, 5.41) is 3.71. The normalized spacial score (nSPS) is 11.3. The molecule has 0 heterocycles. The standard InChI is InChI=1S/C23H21BrN4O6S2/c1-15-3-11-19(12-4-15)35(31,32)27-22(29)21(26-25-18-9-7-17(24)8-10-18)23(30)28-36(33,34)20-13-5-16(2)6-14-20/h3-14,25H,1-2H3,(H,27,29)(H,28,30). The van der Waals surface area contributed by atoms with Gasteiger partial charge < -0.3 is 0 Å². The molecule has 3 aromatic rings. The fourth-order valence-electron chi connectivity index (χ4n) is 2.74. The lowest BCUT2D eigenvalue weighted by molar-refractivity contribution is -0.117. The molecule has 0 radical (unpaired) electrons. The number of halogens is 1. The van der Waals surface area contributed by atoms with Gasteiger partial charge in [-0.25, -0.2) is 26.3 Å². The number of amides is 2. The summed E-state index contributed by atoms with van der Waals surface area (Å²) in [5.74, 6) is -2.87. The van der Waals surface area contributed by atoms with Gasteiger partial charge in [-0.2, -0.15) is 5.10 Å². The molecule has 0 unspecified atom stereocenters. The van der Waals surface area contributed by atoms with Gasteiger partial charge in [0.2, 0.25) is 5.71 Å². The zero-order valence-electron chi connectivity index (χ0n) is 19.0. The van der Waals surface area contributed by atoms with Crippen molar-refractivity contribution in [1.29, 1.82) is 0 Å². The molecule has 2 amide bonds. The molecule has 0 bridgehead atoms. The molecular formula is C23H21BrN4O6S2. The highest BCUT2D eigenvalue weighted by Gasteiger charge is 2.29. The van der Waals surface area contributed by atoms with E-state index in [2.05, 4.69) is 26.5 Å². The summed E-state index contributed by atoms with van der Waals surface area (Å²) in [6.07, 6.45) is 0. The Kier molecular flexibility index (Phi) is 8.28. The third-order valence-electron chi connectivity index (χ3n) is 4.69. The lowest BCUT2D eigenvalue weighted by Gasteiger charge is -2.11. The van der Waals surface area contributed by atoms with Crippen molar-refractivity contribution in [3.05, 3.63) is 88.4 Å². The maximum atomic E-state index is 12.9. The van der Waals surface area contributed by atoms with Gasteiger partial charge >= 0.3 is 0 Å². The van der Waals surface area contributed by atoms with E-state index < -0.39 is 37.6 Å². The molecule has 3 N–H and O–H groups in total. The van der Waals surface area contributed by atoms with Crippen molar-refractivity contribution in [1.82, 2.24) is 9.44 Å². The third kappa shape index (κ3) is 6.99. The quantitative estimate of drug-likeness (QED) is 0.207. The molecule has 0 saturated heterocycles. The molecule has 0 aliphatic heterocycles. The van der Waals surface area contributed by atoms with Gasteiger partial charge in [0.15, 0.2) is 0 Å². The minimum Gasteiger partial charge on any atom is -0.278 e. The predicted molar refractivity (Wildman–Crippen MR) is 138 cm³/mol. The number of benzene rings is 3. The fraction of sp³-hybridized carbons (Fsp3) is 0.0870. The van der Waals surface area contributed by atoms with E-state index in [1.165, 1.54) is 48.5 Å². The Bertz CT molecular complexity index is 1430. The number of sulfonamides is 2. The van der Waals surface area contributed by atoms with Gasteiger partial charge in [0.1, 0.15) is 0 Å². The molecule has 0 spiro atoms. The number of nitrogens with zero attached hydrogens (tertiary/aromatic N) is 1. The lowest BCUT2D eigenvalue weighted by atomic mass is 10.2. The molecule has 13 heteroatoms. The molecule has 0 fully saturated rings. The van der Waals surface area contributed by atoms with Crippen LogP contribution in [0.2, 0.25) is 0 Å². The zero-order chi connectivity index (χ0) is 26.5. The fourth-order valence-corrected chi connectivity index (χ4v) is 4.91. The molecule has 0 saturated carbocycles. The highest BCUT2D eigenvalue weighted by molar-refractivity contribution is 9.10. The number of carbonyl (C=O) groups is 2. The summed E-state index contributed by atoms with van der Waals surface area (Å²) in [6, 6.07) is 17.7. The van der Waals surface area contributed by atoms with Crippen LogP contribution >= 0.6 is 15.9 Å². The number of nitrogens with one attached hydrogen (secondary N) is 3. The van der Waals surface area contributed by atoms with Crippen LogP contribution in [0, 0.1) is 13.8 Å². The minimum atomic E-state index is -4.39. The van der Waals surface area contributed by atoms with Crippen LogP contribution in [0.25, 0.3) is 0 Å². The smallest absolute Gasteiger partial charge is 0.278 e. The summed E-state index contributed by atoms with van der Waals surface area (Å²) in [6.45, 7) is 3.51. The molecular weight excluding hydrogens is 572 g/mol. The number of rotatable bonds is 8. The average molecular weight is 593 g/mol. The number of aryl methyl sites for hydroxylation is 2. The van der Waals surface area contributed by atoms with E-state index >= 15 is 0 Å². The Balaban J connectivity index is 1.91. The van der Waals surface area contributed by atoms with Gasteiger partial charge in [-0.15, -0.1) is 0 Å². The van der Waals surface area contributed by atoms with Crippen LogP contribution in [0.5, 0.6) is 0 Å². The van der Waals surface area contributed by atoms with Crippen LogP contribution in [0.3, 0.4) is 0 Å². The number of hydrogen-bond donors (Lipinski definition) is 3. The van der Waals surface area contributed by atoms with Gasteiger partial charge in [0.05, 0.1) is 15.5 Å². The van der Waals surface area contributed by atoms with Gasteiger partial charge in [-0.1, -0.05) is 51.3 Å². The summed E-state index contributed by atoms with van der Waals surface area (Å²) < 4.78 is 54.9. The monoisotopic (exact) mass is 592 g/mol. The van der Waals surface area contributed by atoms with Crippen LogP contribution in [-0.4, -0.2) is 34.4 Å². The van der Waals surface area contributed by atoms with E-state index in [0.29, 0.717) is 5.69 Å². The first-order valence-corrected chi connectivity index (χ1v) is 14.0. The summed E-state index contributed by atoms with van der Waals surface area (Å²) in [5.41, 5.74) is 3.37. The summed E-state index contributed by atoms with van der Waals surface area (Å²) in [7, 11) is -8.78. The topological polar surface area (TPSA) is 151 Å². The van der Waals surface area contributed by atoms with Crippen LogP contribution in [0.4, 0.5) is 5.69 Å². The third-order valence-corrected chi connectivity index (χ3v) is 7.91. The summed E-state index contributed by atoms with van der Waals surface area (Å²) in [4.78, 5) is 25.3. The van der Waals surface area contributed by atoms with Crippen molar-refractivity contribution in [3.8, 4) is 0 Å². The Labute approximate surface area is 217 Å². The zero-order valence-corrected chi connectivity index (χ0v) is 22.2. The summed E-state index contributed by atoms with van der Waals surface area (Å²) >= 11 is 3.27. The van der Waals surface area contributed by atoms with Crippen molar-refractivity contribution in [3.63, 3.8) is 0 Å². The van der Waals surface area contributed by atoms with E-state index in [9.17, 15) is 26.4 Å². The lowest BCUT2D eigenvalue weighted by Crippen LogP contribution is -2.46. The van der Waals surface area contributed by atoms with Crippen LogP contribution in [0.15, 0.2) is 92.2 Å². The Morgan fingerprint density at radius 1 is 0.667 bits per heavy atom. The van der Waals surface area contributed by atoms with Gasteiger partial charge in [0, 0.05) is 4.47 Å². The van der Waals surface area contributed by atoms with E-state index in [4.69, 9.17) is 0 Å². The van der Waals surface area contributed by atoms with Crippen LogP contribution in [0.1, 0.15) is 11.1 Å². The second-order valence-electron chi connectivity index (χ2n) is 7.57. The number of carbonyl (C=O) groups excluding carboxylic acids is 2. The maximum Gasteiger partial charge on any atom is 0.291 e. The van der Waals surface area contributed by atoms with E-state index in [0.717, 1.165) is 15.6 Å². The largest absolute Gasteiger partial charge is 0.291 e. The Morgan fingerprint density at radius 3 is 1.44 bits per heavy atom. The Morgan fingerprint density at radius 2 is 1.06 bits per heavy atom. The molecule has 0 aliphatic carbocycles. The predicted octanol–water partition coefficient (Wildman–Crippen LogP) is 2.84. The molecule has 0 aromatic heterocycles. The van der Waals surface area contributed by atoms with Crippen molar-refractivity contribution >= 4 is 59.2 Å². The molecule has 188 valence electrons. The maximum absolute atomic E-state index is 12.9. The Hall–Kier alpha value is -3.55. The molecule has 3 rings (SSSR count). The van der Waals surface area contributed by atoms with Crippen LogP contribution in [-0.2, 0) is 29.6 Å². The first-order valence-electron chi connectivity index (χ1n) is 10.2. The second kappa shape index (κ2) is 11.0. The van der Waals surface area contributed by atoms with E-state index in [-0.39, 0.29) is 9.79 Å². The van der Waals surface area contributed by atoms with Crippen molar-refractivity contribution in [2.75, 3.05) is 5.43 Å². The van der Waals surface area contributed by atoms with Gasteiger partial charge in [-0.05, 0) is 62.4 Å². The SMILES string of the molecule is Cc1ccc(S(=O)(=O)NC(=O)C(=NNc2ccc(Br)cc2)C(=O)NS(=O)(=O)c2ccc(C)cc2)cc1. The second-order valence-corrected chi connectivity index (χ2v) is 11.9. The molecule has 0 atom stereocenters. The molecule has 36 heavy (non-hydrogen) atoms. The minimum absolute atomic E-state index is 0.227. The number of hydrogen-bond acceptors (Lipinski definition) is 8. The van der Waals surface area contributed by atoms with Gasteiger partial charge in [-0.3, -0.25) is 15.0 Å². The number of hydrazone groups is 1. The van der Waals surface area contributed by atoms with Gasteiger partial charge in [0.25, 0.3) is 31.9 Å². The average Bonchev–Trinajstić information content (AvgIpc) is 2.80. The van der Waals surface area contributed by atoms with E-state index in [1.807, 2.05) is 0 Å².